The van der Waals surface area contributed by atoms with Gasteiger partial charge < -0.3 is 10.1 Å². The van der Waals surface area contributed by atoms with Gasteiger partial charge in [-0.15, -0.1) is 0 Å². The van der Waals surface area contributed by atoms with Crippen LogP contribution in [0.2, 0.25) is 5.02 Å². The number of hydrogen-bond donors (Lipinski definition) is 1. The van der Waals surface area contributed by atoms with Crippen LogP contribution in [-0.4, -0.2) is 6.04 Å². The molecule has 0 heterocycles. The summed E-state index contributed by atoms with van der Waals surface area (Å²) in [4.78, 5) is 0. The molecule has 0 spiro atoms. The van der Waals surface area contributed by atoms with Crippen LogP contribution in [0, 0.1) is 6.92 Å². The molecular weight excluding hydrogens is 350 g/mol. The van der Waals surface area contributed by atoms with E-state index in [0.29, 0.717) is 16.8 Å². The van der Waals surface area contributed by atoms with Gasteiger partial charge in [0.2, 0.25) is 0 Å². The molecule has 2 aromatic carbocycles. The molecule has 0 aliphatic heterocycles. The maximum atomic E-state index is 6.25. The molecule has 0 saturated heterocycles. The number of rotatable bonds is 5. The third-order valence-electron chi connectivity index (χ3n) is 3.49. The lowest BCUT2D eigenvalue weighted by atomic mass is 10.2. The van der Waals surface area contributed by atoms with Crippen LogP contribution in [0.1, 0.15) is 24.0 Å². The summed E-state index contributed by atoms with van der Waals surface area (Å²) in [6, 6.07) is 12.5. The Bertz CT molecular complexity index is 655. The first-order valence-corrected chi connectivity index (χ1v) is 8.25. The van der Waals surface area contributed by atoms with Gasteiger partial charge in [-0.25, -0.2) is 0 Å². The van der Waals surface area contributed by atoms with E-state index >= 15 is 0 Å². The molecule has 1 aliphatic rings. The first kappa shape index (κ1) is 14.9. The molecule has 0 atom stereocenters. The minimum Gasteiger partial charge on any atom is -0.455 e. The summed E-state index contributed by atoms with van der Waals surface area (Å²) in [7, 11) is 0. The minimum atomic E-state index is 0.638. The number of nitrogens with one attached hydrogen (secondary N) is 1. The minimum absolute atomic E-state index is 0.638. The molecule has 0 amide bonds. The van der Waals surface area contributed by atoms with Crippen LogP contribution in [-0.2, 0) is 6.54 Å². The molecule has 0 aromatic heterocycles. The van der Waals surface area contributed by atoms with E-state index in [1.54, 1.807) is 0 Å². The monoisotopic (exact) mass is 365 g/mol. The zero-order chi connectivity index (χ0) is 14.8. The fraction of sp³-hybridized carbons (Fsp3) is 0.294. The first-order chi connectivity index (χ1) is 10.1. The van der Waals surface area contributed by atoms with E-state index in [4.69, 9.17) is 16.3 Å². The summed E-state index contributed by atoms with van der Waals surface area (Å²) in [5.41, 5.74) is 2.26. The summed E-state index contributed by atoms with van der Waals surface area (Å²) in [5, 5.41) is 4.15. The van der Waals surface area contributed by atoms with Crippen molar-refractivity contribution < 1.29 is 4.74 Å². The van der Waals surface area contributed by atoms with Crippen LogP contribution in [0.5, 0.6) is 11.5 Å². The third kappa shape index (κ3) is 4.00. The lowest BCUT2D eigenvalue weighted by Gasteiger charge is -2.13. The number of ether oxygens (including phenoxy) is 1. The highest BCUT2D eigenvalue weighted by molar-refractivity contribution is 9.10. The maximum absolute atomic E-state index is 6.25. The Morgan fingerprint density at radius 3 is 2.67 bits per heavy atom. The van der Waals surface area contributed by atoms with Crippen LogP contribution in [0.15, 0.2) is 40.9 Å². The van der Waals surface area contributed by atoms with Gasteiger partial charge in [0.15, 0.2) is 0 Å². The van der Waals surface area contributed by atoms with Gasteiger partial charge in [-0.3, -0.25) is 0 Å². The Kier molecular flexibility index (Phi) is 4.53. The Morgan fingerprint density at radius 2 is 1.95 bits per heavy atom. The molecule has 2 aromatic rings. The van der Waals surface area contributed by atoms with E-state index in [2.05, 4.69) is 27.3 Å². The predicted octanol–water partition coefficient (Wildman–Crippen LogP) is 5.46. The van der Waals surface area contributed by atoms with Gasteiger partial charge in [0.1, 0.15) is 11.5 Å². The average Bonchev–Trinajstić information content (AvgIpc) is 3.26. The van der Waals surface area contributed by atoms with Crippen LogP contribution in [0.3, 0.4) is 0 Å². The molecule has 1 N–H and O–H groups in total. The van der Waals surface area contributed by atoms with Crippen molar-refractivity contribution >= 4 is 27.5 Å². The lowest BCUT2D eigenvalue weighted by Crippen LogP contribution is -2.15. The summed E-state index contributed by atoms with van der Waals surface area (Å²) in [5.74, 6) is 1.54. The molecule has 3 rings (SSSR count). The van der Waals surface area contributed by atoms with E-state index in [9.17, 15) is 0 Å². The predicted molar refractivity (Wildman–Crippen MR) is 90.3 cm³/mol. The van der Waals surface area contributed by atoms with E-state index in [0.717, 1.165) is 27.9 Å². The highest BCUT2D eigenvalue weighted by Gasteiger charge is 2.20. The van der Waals surface area contributed by atoms with Crippen molar-refractivity contribution in [2.75, 3.05) is 0 Å². The lowest BCUT2D eigenvalue weighted by molar-refractivity contribution is 0.472. The highest BCUT2D eigenvalue weighted by atomic mass is 79.9. The van der Waals surface area contributed by atoms with Crippen molar-refractivity contribution in [3.8, 4) is 11.5 Å². The molecule has 0 unspecified atom stereocenters. The van der Waals surface area contributed by atoms with Crippen molar-refractivity contribution in [3.63, 3.8) is 0 Å². The van der Waals surface area contributed by atoms with Crippen molar-refractivity contribution in [1.29, 1.82) is 0 Å². The maximum Gasteiger partial charge on any atom is 0.146 e. The molecule has 1 fully saturated rings. The zero-order valence-electron chi connectivity index (χ0n) is 11.8. The summed E-state index contributed by atoms with van der Waals surface area (Å²) >= 11 is 9.77. The quantitative estimate of drug-likeness (QED) is 0.759. The molecule has 0 bridgehead atoms. The Hall–Kier alpha value is -1.03. The zero-order valence-corrected chi connectivity index (χ0v) is 14.2. The molecule has 1 saturated carbocycles. The van der Waals surface area contributed by atoms with Crippen molar-refractivity contribution in [1.82, 2.24) is 5.32 Å². The average molecular weight is 367 g/mol. The summed E-state index contributed by atoms with van der Waals surface area (Å²) < 4.78 is 7.06. The second kappa shape index (κ2) is 6.39. The SMILES string of the molecule is Cc1ccc(Oc2ccc(Br)cc2CNC2CC2)c(Cl)c1. The molecule has 1 aliphatic carbocycles. The van der Waals surface area contributed by atoms with Crippen LogP contribution in [0.4, 0.5) is 0 Å². The van der Waals surface area contributed by atoms with Crippen LogP contribution < -0.4 is 10.1 Å². The number of halogens is 2. The fourth-order valence-corrected chi connectivity index (χ4v) is 2.82. The molecule has 21 heavy (non-hydrogen) atoms. The van der Waals surface area contributed by atoms with Crippen molar-refractivity contribution in [3.05, 3.63) is 57.0 Å². The van der Waals surface area contributed by atoms with Crippen LogP contribution >= 0.6 is 27.5 Å². The summed E-state index contributed by atoms with van der Waals surface area (Å²) in [6.45, 7) is 2.82. The highest BCUT2D eigenvalue weighted by Crippen LogP contribution is 2.33. The summed E-state index contributed by atoms with van der Waals surface area (Å²) in [6.07, 6.45) is 2.54. The molecule has 0 radical (unpaired) electrons. The fourth-order valence-electron chi connectivity index (χ4n) is 2.13. The second-order valence-corrected chi connectivity index (χ2v) is 6.77. The van der Waals surface area contributed by atoms with E-state index in [1.165, 1.54) is 12.8 Å². The normalized spacial score (nSPS) is 14.2. The van der Waals surface area contributed by atoms with Gasteiger partial charge in [-0.2, -0.15) is 0 Å². The Morgan fingerprint density at radius 1 is 1.19 bits per heavy atom. The van der Waals surface area contributed by atoms with Gasteiger partial charge in [0.25, 0.3) is 0 Å². The standard InChI is InChI=1S/C17H17BrClNO/c1-11-2-6-17(15(19)8-11)21-16-7-3-13(18)9-12(16)10-20-14-4-5-14/h2-3,6-9,14,20H,4-5,10H2,1H3. The smallest absolute Gasteiger partial charge is 0.146 e. The van der Waals surface area contributed by atoms with Crippen molar-refractivity contribution in [2.24, 2.45) is 0 Å². The molecular formula is C17H17BrClNO. The van der Waals surface area contributed by atoms with Gasteiger partial charge in [-0.1, -0.05) is 33.6 Å². The van der Waals surface area contributed by atoms with Gasteiger partial charge in [0.05, 0.1) is 5.02 Å². The van der Waals surface area contributed by atoms with E-state index < -0.39 is 0 Å². The molecule has 2 nitrogen and oxygen atoms in total. The van der Waals surface area contributed by atoms with E-state index in [-0.39, 0.29) is 0 Å². The van der Waals surface area contributed by atoms with Crippen LogP contribution in [0.25, 0.3) is 0 Å². The second-order valence-electron chi connectivity index (χ2n) is 5.44. The number of aryl methyl sites for hydroxylation is 1. The Balaban J connectivity index is 1.82. The van der Waals surface area contributed by atoms with Gasteiger partial charge >= 0.3 is 0 Å². The first-order valence-electron chi connectivity index (χ1n) is 7.07. The van der Waals surface area contributed by atoms with Gasteiger partial charge in [0, 0.05) is 22.6 Å². The Labute approximate surface area is 138 Å². The third-order valence-corrected chi connectivity index (χ3v) is 4.28. The largest absolute Gasteiger partial charge is 0.455 e. The van der Waals surface area contributed by atoms with E-state index in [1.807, 2.05) is 37.3 Å². The van der Waals surface area contributed by atoms with Crippen molar-refractivity contribution in [2.45, 2.75) is 32.4 Å². The van der Waals surface area contributed by atoms with Gasteiger partial charge in [-0.05, 0) is 55.7 Å². The topological polar surface area (TPSA) is 21.3 Å². The molecule has 4 heteroatoms. The number of benzene rings is 2. The molecule has 110 valence electrons. The number of hydrogen-bond acceptors (Lipinski definition) is 2.